The third-order valence-corrected chi connectivity index (χ3v) is 4.33. The van der Waals surface area contributed by atoms with Gasteiger partial charge in [-0.3, -0.25) is 9.59 Å². The Morgan fingerprint density at radius 3 is 2.69 bits per heavy atom. The number of amides is 4. The van der Waals surface area contributed by atoms with Crippen LogP contribution in [0.1, 0.15) is 18.4 Å². The van der Waals surface area contributed by atoms with Gasteiger partial charge in [0, 0.05) is 26.7 Å². The standard InChI is InChI=1S/C18H26N4O4/c1-19-16(23)12-15-17(24)20-10-11-22(15)18(25)21-9-3-4-13-5-7-14(26-2)8-6-13/h5-8,15H,3-4,9-12H2,1-2H3,(H,19,23)(H,20,24)(H,21,25)/t15-/m0/s1. The Labute approximate surface area is 153 Å². The fraction of sp³-hybridized carbons (Fsp3) is 0.500. The summed E-state index contributed by atoms with van der Waals surface area (Å²) in [4.78, 5) is 37.4. The number of hydrogen-bond acceptors (Lipinski definition) is 4. The molecule has 1 saturated heterocycles. The van der Waals surface area contributed by atoms with Gasteiger partial charge in [0.25, 0.3) is 0 Å². The van der Waals surface area contributed by atoms with Crippen molar-refractivity contribution < 1.29 is 19.1 Å². The number of nitrogens with one attached hydrogen (secondary N) is 3. The highest BCUT2D eigenvalue weighted by molar-refractivity contribution is 5.92. The number of aryl methyl sites for hydroxylation is 1. The molecular weight excluding hydrogens is 336 g/mol. The van der Waals surface area contributed by atoms with Crippen LogP contribution in [0.15, 0.2) is 24.3 Å². The molecule has 3 N–H and O–H groups in total. The summed E-state index contributed by atoms with van der Waals surface area (Å²) in [5.41, 5.74) is 1.16. The van der Waals surface area contributed by atoms with E-state index in [1.807, 2.05) is 24.3 Å². The smallest absolute Gasteiger partial charge is 0.318 e. The van der Waals surface area contributed by atoms with E-state index in [1.54, 1.807) is 7.11 Å². The minimum absolute atomic E-state index is 0.0401. The fourth-order valence-corrected chi connectivity index (χ4v) is 2.82. The van der Waals surface area contributed by atoms with E-state index in [-0.39, 0.29) is 24.3 Å². The van der Waals surface area contributed by atoms with Crippen molar-refractivity contribution in [3.05, 3.63) is 29.8 Å². The Morgan fingerprint density at radius 1 is 1.31 bits per heavy atom. The molecule has 1 aliphatic rings. The molecule has 1 aromatic rings. The second-order valence-electron chi connectivity index (χ2n) is 6.06. The number of methoxy groups -OCH3 is 1. The number of ether oxygens (including phenoxy) is 1. The van der Waals surface area contributed by atoms with Crippen molar-refractivity contribution in [2.75, 3.05) is 33.8 Å². The summed E-state index contributed by atoms with van der Waals surface area (Å²) in [6.45, 7) is 1.27. The summed E-state index contributed by atoms with van der Waals surface area (Å²) in [6.07, 6.45) is 1.56. The average Bonchev–Trinajstić information content (AvgIpc) is 2.66. The predicted molar refractivity (Wildman–Crippen MR) is 96.9 cm³/mol. The van der Waals surface area contributed by atoms with Crippen LogP contribution in [0.4, 0.5) is 4.79 Å². The van der Waals surface area contributed by atoms with Gasteiger partial charge in [-0.2, -0.15) is 0 Å². The lowest BCUT2D eigenvalue weighted by atomic mass is 10.1. The van der Waals surface area contributed by atoms with Crippen LogP contribution in [0.3, 0.4) is 0 Å². The van der Waals surface area contributed by atoms with Gasteiger partial charge in [-0.15, -0.1) is 0 Å². The Balaban J connectivity index is 1.80. The molecule has 0 unspecified atom stereocenters. The van der Waals surface area contributed by atoms with Crippen molar-refractivity contribution in [2.24, 2.45) is 0 Å². The average molecular weight is 362 g/mol. The first kappa shape index (κ1) is 19.6. The maximum Gasteiger partial charge on any atom is 0.318 e. The van der Waals surface area contributed by atoms with Crippen molar-refractivity contribution >= 4 is 17.8 Å². The number of rotatable bonds is 7. The maximum atomic E-state index is 12.4. The topological polar surface area (TPSA) is 99.8 Å². The first-order valence-electron chi connectivity index (χ1n) is 8.71. The van der Waals surface area contributed by atoms with Crippen LogP contribution >= 0.6 is 0 Å². The summed E-state index contributed by atoms with van der Waals surface area (Å²) < 4.78 is 5.12. The van der Waals surface area contributed by atoms with Crippen LogP contribution in [-0.2, 0) is 16.0 Å². The van der Waals surface area contributed by atoms with E-state index in [4.69, 9.17) is 4.74 Å². The summed E-state index contributed by atoms with van der Waals surface area (Å²) in [5, 5.41) is 8.02. The molecule has 4 amide bonds. The number of piperazine rings is 1. The van der Waals surface area contributed by atoms with Gasteiger partial charge in [-0.05, 0) is 30.5 Å². The van der Waals surface area contributed by atoms with Crippen molar-refractivity contribution in [1.82, 2.24) is 20.9 Å². The maximum absolute atomic E-state index is 12.4. The Bertz CT molecular complexity index is 633. The normalized spacial score (nSPS) is 16.6. The second kappa shape index (κ2) is 9.65. The van der Waals surface area contributed by atoms with Crippen molar-refractivity contribution in [1.29, 1.82) is 0 Å². The van der Waals surface area contributed by atoms with E-state index in [1.165, 1.54) is 11.9 Å². The minimum atomic E-state index is -0.773. The van der Waals surface area contributed by atoms with Gasteiger partial charge in [0.2, 0.25) is 11.8 Å². The molecule has 0 bridgehead atoms. The number of benzene rings is 1. The van der Waals surface area contributed by atoms with Gasteiger partial charge in [0.1, 0.15) is 11.8 Å². The molecule has 0 aliphatic carbocycles. The summed E-state index contributed by atoms with van der Waals surface area (Å²) in [7, 11) is 3.13. The molecule has 26 heavy (non-hydrogen) atoms. The monoisotopic (exact) mass is 362 g/mol. The van der Waals surface area contributed by atoms with Gasteiger partial charge in [0.05, 0.1) is 13.5 Å². The highest BCUT2D eigenvalue weighted by Gasteiger charge is 2.34. The van der Waals surface area contributed by atoms with Gasteiger partial charge < -0.3 is 25.6 Å². The Hall–Kier alpha value is -2.77. The highest BCUT2D eigenvalue weighted by atomic mass is 16.5. The van der Waals surface area contributed by atoms with Gasteiger partial charge in [0.15, 0.2) is 0 Å². The van der Waals surface area contributed by atoms with E-state index >= 15 is 0 Å². The third-order valence-electron chi connectivity index (χ3n) is 4.33. The molecule has 8 heteroatoms. The zero-order valence-electron chi connectivity index (χ0n) is 15.2. The van der Waals surface area contributed by atoms with Crippen LogP contribution in [0.2, 0.25) is 0 Å². The number of carbonyl (C=O) groups excluding carboxylic acids is 3. The first-order chi connectivity index (χ1) is 12.5. The zero-order valence-corrected chi connectivity index (χ0v) is 15.2. The zero-order chi connectivity index (χ0) is 18.9. The largest absolute Gasteiger partial charge is 0.497 e. The minimum Gasteiger partial charge on any atom is -0.497 e. The highest BCUT2D eigenvalue weighted by Crippen LogP contribution is 2.13. The fourth-order valence-electron chi connectivity index (χ4n) is 2.82. The first-order valence-corrected chi connectivity index (χ1v) is 8.71. The molecule has 1 aromatic carbocycles. The Morgan fingerprint density at radius 2 is 2.04 bits per heavy atom. The molecule has 8 nitrogen and oxygen atoms in total. The molecule has 0 spiro atoms. The van der Waals surface area contributed by atoms with E-state index in [0.717, 1.165) is 24.2 Å². The quantitative estimate of drug-likeness (QED) is 0.607. The number of hydrogen-bond donors (Lipinski definition) is 3. The van der Waals surface area contributed by atoms with Crippen molar-refractivity contribution in [3.8, 4) is 5.75 Å². The van der Waals surface area contributed by atoms with Crippen molar-refractivity contribution in [2.45, 2.75) is 25.3 Å². The van der Waals surface area contributed by atoms with Gasteiger partial charge >= 0.3 is 6.03 Å². The molecule has 0 saturated carbocycles. The van der Waals surface area contributed by atoms with E-state index in [0.29, 0.717) is 19.6 Å². The third kappa shape index (κ3) is 5.37. The lowest BCUT2D eigenvalue weighted by Crippen LogP contribution is -2.60. The van der Waals surface area contributed by atoms with E-state index < -0.39 is 6.04 Å². The molecule has 2 rings (SSSR count). The Kier molecular flexibility index (Phi) is 7.25. The molecule has 0 aromatic heterocycles. The second-order valence-corrected chi connectivity index (χ2v) is 6.06. The molecule has 1 aliphatic heterocycles. The SMILES string of the molecule is CNC(=O)C[C@H]1C(=O)NCCN1C(=O)NCCCc1ccc(OC)cc1. The summed E-state index contributed by atoms with van der Waals surface area (Å²) in [6, 6.07) is 6.71. The number of nitrogens with zero attached hydrogens (tertiary/aromatic N) is 1. The predicted octanol–water partition coefficient (Wildman–Crippen LogP) is 0.274. The van der Waals surface area contributed by atoms with Crippen LogP contribution in [0.25, 0.3) is 0 Å². The lowest BCUT2D eigenvalue weighted by molar-refractivity contribution is -0.132. The van der Waals surface area contributed by atoms with Crippen LogP contribution in [0.5, 0.6) is 5.75 Å². The van der Waals surface area contributed by atoms with Crippen LogP contribution in [0, 0.1) is 0 Å². The van der Waals surface area contributed by atoms with Gasteiger partial charge in [-0.1, -0.05) is 12.1 Å². The molecule has 142 valence electrons. The number of urea groups is 1. The van der Waals surface area contributed by atoms with E-state index in [9.17, 15) is 14.4 Å². The molecule has 1 fully saturated rings. The molecule has 1 heterocycles. The molecule has 0 radical (unpaired) electrons. The van der Waals surface area contributed by atoms with Gasteiger partial charge in [-0.25, -0.2) is 4.79 Å². The van der Waals surface area contributed by atoms with Crippen LogP contribution in [-0.4, -0.2) is 62.6 Å². The number of carbonyl (C=O) groups is 3. The van der Waals surface area contributed by atoms with Crippen LogP contribution < -0.4 is 20.7 Å². The lowest BCUT2D eigenvalue weighted by Gasteiger charge is -2.34. The molecule has 1 atom stereocenters. The summed E-state index contributed by atoms with van der Waals surface area (Å²) in [5.74, 6) is 0.241. The van der Waals surface area contributed by atoms with Crippen molar-refractivity contribution in [3.63, 3.8) is 0 Å². The van der Waals surface area contributed by atoms with E-state index in [2.05, 4.69) is 16.0 Å². The molecular formula is C18H26N4O4. The summed E-state index contributed by atoms with van der Waals surface area (Å²) >= 11 is 0.